The third kappa shape index (κ3) is 4.47. The fourth-order valence-corrected chi connectivity index (χ4v) is 2.68. The summed E-state index contributed by atoms with van der Waals surface area (Å²) >= 11 is 0. The lowest BCUT2D eigenvalue weighted by atomic mass is 10.1. The van der Waals surface area contributed by atoms with Crippen LogP contribution in [0.4, 0.5) is 0 Å². The summed E-state index contributed by atoms with van der Waals surface area (Å²) in [6, 6.07) is 17.3. The van der Waals surface area contributed by atoms with Gasteiger partial charge in [-0.05, 0) is 23.3 Å². The molecule has 2 aromatic carbocycles. The maximum absolute atomic E-state index is 12.1. The summed E-state index contributed by atoms with van der Waals surface area (Å²) in [5, 5.41) is 11.5. The molecule has 28 heavy (non-hydrogen) atoms. The summed E-state index contributed by atoms with van der Waals surface area (Å²) in [7, 11) is 0. The number of hydrogen-bond donors (Lipinski definition) is 0. The Labute approximate surface area is 160 Å². The molecule has 0 N–H and O–H groups in total. The number of ether oxygens (including phenoxy) is 1. The van der Waals surface area contributed by atoms with Gasteiger partial charge in [-0.1, -0.05) is 47.6 Å². The number of carbonyl (C=O) groups is 1. The third-order valence-corrected chi connectivity index (χ3v) is 4.07. The van der Waals surface area contributed by atoms with Gasteiger partial charge in [-0.15, -0.1) is 10.2 Å². The number of esters is 1. The Kier molecular flexibility index (Phi) is 5.19. The van der Waals surface area contributed by atoms with E-state index in [4.69, 9.17) is 9.26 Å². The maximum Gasteiger partial charge on any atom is 0.310 e. The lowest BCUT2D eigenvalue weighted by Crippen LogP contribution is -2.08. The normalized spacial score (nSPS) is 10.7. The first-order valence-electron chi connectivity index (χ1n) is 8.71. The van der Waals surface area contributed by atoms with Gasteiger partial charge in [0.05, 0.1) is 6.42 Å². The van der Waals surface area contributed by atoms with Crippen LogP contribution in [-0.4, -0.2) is 30.9 Å². The van der Waals surface area contributed by atoms with Crippen molar-refractivity contribution in [3.63, 3.8) is 0 Å². The van der Waals surface area contributed by atoms with Gasteiger partial charge < -0.3 is 9.26 Å². The van der Waals surface area contributed by atoms with Crippen molar-refractivity contribution in [1.29, 1.82) is 0 Å². The molecule has 2 aromatic heterocycles. The summed E-state index contributed by atoms with van der Waals surface area (Å²) in [6.07, 6.45) is 3.95. The molecule has 0 radical (unpaired) electrons. The summed E-state index contributed by atoms with van der Waals surface area (Å²) in [5.41, 5.74) is 2.85. The minimum absolute atomic E-state index is 0.0422. The van der Waals surface area contributed by atoms with E-state index in [0.29, 0.717) is 12.2 Å². The molecule has 0 amide bonds. The molecule has 8 heteroatoms. The van der Waals surface area contributed by atoms with Crippen LogP contribution in [0.2, 0.25) is 0 Å². The number of nitrogens with zero attached hydrogens (tertiary/aromatic N) is 5. The zero-order valence-electron chi connectivity index (χ0n) is 14.9. The Morgan fingerprint density at radius 1 is 0.964 bits per heavy atom. The van der Waals surface area contributed by atoms with Gasteiger partial charge in [-0.25, -0.2) is 0 Å². The molecule has 4 aromatic rings. The van der Waals surface area contributed by atoms with Crippen molar-refractivity contribution in [3.05, 3.63) is 90.1 Å². The van der Waals surface area contributed by atoms with Crippen molar-refractivity contribution >= 4 is 5.97 Å². The van der Waals surface area contributed by atoms with Crippen molar-refractivity contribution in [2.24, 2.45) is 0 Å². The lowest BCUT2D eigenvalue weighted by molar-refractivity contribution is -0.144. The van der Waals surface area contributed by atoms with Gasteiger partial charge in [-0.2, -0.15) is 4.98 Å². The van der Waals surface area contributed by atoms with Crippen LogP contribution in [-0.2, 0) is 29.0 Å². The van der Waals surface area contributed by atoms with Gasteiger partial charge in [0.25, 0.3) is 5.89 Å². The Balaban J connectivity index is 1.28. The standard InChI is InChI=1S/C20H17N5O3/c26-20(11-16-6-8-17(9-7-16)25-13-21-22-14-25)27-12-19-23-18(24-28-19)10-15-4-2-1-3-5-15/h1-9,13-14H,10-12H2. The fraction of sp³-hybridized carbons (Fsp3) is 0.150. The van der Waals surface area contributed by atoms with Gasteiger partial charge in [0.1, 0.15) is 12.7 Å². The van der Waals surface area contributed by atoms with Crippen molar-refractivity contribution in [2.75, 3.05) is 0 Å². The molecule has 0 spiro atoms. The van der Waals surface area contributed by atoms with E-state index in [0.717, 1.165) is 16.8 Å². The molecule has 140 valence electrons. The third-order valence-electron chi connectivity index (χ3n) is 4.07. The van der Waals surface area contributed by atoms with E-state index < -0.39 is 0 Å². The first-order valence-corrected chi connectivity index (χ1v) is 8.71. The predicted octanol–water partition coefficient (Wildman–Crippen LogP) is 2.53. The minimum Gasteiger partial charge on any atom is -0.455 e. The van der Waals surface area contributed by atoms with Crippen molar-refractivity contribution < 1.29 is 14.1 Å². The lowest BCUT2D eigenvalue weighted by Gasteiger charge is -2.04. The van der Waals surface area contributed by atoms with Gasteiger partial charge in [0.15, 0.2) is 12.4 Å². The fourth-order valence-electron chi connectivity index (χ4n) is 2.68. The Morgan fingerprint density at radius 3 is 2.46 bits per heavy atom. The minimum atomic E-state index is -0.361. The highest BCUT2D eigenvalue weighted by Crippen LogP contribution is 2.11. The Morgan fingerprint density at radius 2 is 1.71 bits per heavy atom. The zero-order valence-corrected chi connectivity index (χ0v) is 14.9. The van der Waals surface area contributed by atoms with Gasteiger partial charge in [0.2, 0.25) is 0 Å². The molecule has 0 saturated carbocycles. The highest BCUT2D eigenvalue weighted by Gasteiger charge is 2.11. The van der Waals surface area contributed by atoms with Crippen LogP contribution in [0.15, 0.2) is 71.8 Å². The van der Waals surface area contributed by atoms with Crippen LogP contribution >= 0.6 is 0 Å². The summed E-state index contributed by atoms with van der Waals surface area (Å²) in [4.78, 5) is 16.3. The predicted molar refractivity (Wildman–Crippen MR) is 98.4 cm³/mol. The van der Waals surface area contributed by atoms with E-state index in [1.165, 1.54) is 0 Å². The van der Waals surface area contributed by atoms with E-state index in [1.54, 1.807) is 17.2 Å². The number of hydrogen-bond acceptors (Lipinski definition) is 7. The second-order valence-corrected chi connectivity index (χ2v) is 6.14. The first kappa shape index (κ1) is 17.6. The number of aromatic nitrogens is 5. The summed E-state index contributed by atoms with van der Waals surface area (Å²) in [5.74, 6) is 0.476. The first-order chi connectivity index (χ1) is 13.8. The molecule has 0 aliphatic rings. The average Bonchev–Trinajstić information content (AvgIpc) is 3.40. The van der Waals surface area contributed by atoms with Gasteiger partial charge in [0, 0.05) is 12.1 Å². The van der Waals surface area contributed by atoms with Crippen molar-refractivity contribution in [2.45, 2.75) is 19.4 Å². The largest absolute Gasteiger partial charge is 0.455 e. The molecule has 0 unspecified atom stereocenters. The second kappa shape index (κ2) is 8.26. The quantitative estimate of drug-likeness (QED) is 0.458. The topological polar surface area (TPSA) is 95.9 Å². The van der Waals surface area contributed by atoms with E-state index in [-0.39, 0.29) is 24.9 Å². The van der Waals surface area contributed by atoms with Crippen LogP contribution in [0.1, 0.15) is 22.8 Å². The Hall–Kier alpha value is -3.81. The van der Waals surface area contributed by atoms with E-state index in [2.05, 4.69) is 20.3 Å². The maximum atomic E-state index is 12.1. The molecule has 0 saturated heterocycles. The molecule has 8 nitrogen and oxygen atoms in total. The van der Waals surface area contributed by atoms with E-state index in [9.17, 15) is 4.79 Å². The SMILES string of the molecule is O=C(Cc1ccc(-n2cnnc2)cc1)OCc1nc(Cc2ccccc2)no1. The summed E-state index contributed by atoms with van der Waals surface area (Å²) in [6.45, 7) is -0.0422. The van der Waals surface area contributed by atoms with Gasteiger partial charge >= 0.3 is 5.97 Å². The van der Waals surface area contributed by atoms with E-state index in [1.807, 2.05) is 54.6 Å². The Bertz CT molecular complexity index is 1030. The van der Waals surface area contributed by atoms with Crippen LogP contribution in [0.5, 0.6) is 0 Å². The second-order valence-electron chi connectivity index (χ2n) is 6.14. The van der Waals surface area contributed by atoms with Crippen molar-refractivity contribution in [3.8, 4) is 5.69 Å². The molecule has 0 bridgehead atoms. The highest BCUT2D eigenvalue weighted by molar-refractivity contribution is 5.72. The average molecular weight is 375 g/mol. The molecule has 0 aliphatic carbocycles. The molecule has 4 rings (SSSR count). The van der Waals surface area contributed by atoms with Crippen LogP contribution in [0.25, 0.3) is 5.69 Å². The molecule has 0 aliphatic heterocycles. The molecule has 2 heterocycles. The molecular weight excluding hydrogens is 358 g/mol. The van der Waals surface area contributed by atoms with Crippen LogP contribution < -0.4 is 0 Å². The number of rotatable bonds is 7. The smallest absolute Gasteiger partial charge is 0.310 e. The molecular formula is C20H17N5O3. The summed E-state index contributed by atoms with van der Waals surface area (Å²) < 4.78 is 12.2. The zero-order chi connectivity index (χ0) is 19.2. The molecule has 0 fully saturated rings. The number of carbonyl (C=O) groups excluding carboxylic acids is 1. The van der Waals surface area contributed by atoms with Crippen LogP contribution in [0.3, 0.4) is 0 Å². The monoisotopic (exact) mass is 375 g/mol. The molecule has 0 atom stereocenters. The van der Waals surface area contributed by atoms with E-state index >= 15 is 0 Å². The van der Waals surface area contributed by atoms with Gasteiger partial charge in [-0.3, -0.25) is 9.36 Å². The van der Waals surface area contributed by atoms with Crippen molar-refractivity contribution in [1.82, 2.24) is 24.9 Å². The highest BCUT2D eigenvalue weighted by atomic mass is 16.6. The number of benzene rings is 2. The van der Waals surface area contributed by atoms with Crippen LogP contribution in [0, 0.1) is 0 Å².